The summed E-state index contributed by atoms with van der Waals surface area (Å²) in [5.41, 5.74) is 8.06. The van der Waals surface area contributed by atoms with E-state index in [0.717, 1.165) is 28.9 Å². The van der Waals surface area contributed by atoms with Crippen LogP contribution in [-0.2, 0) is 23.9 Å². The minimum atomic E-state index is -4.37. The number of rotatable bonds is 3. The minimum absolute atomic E-state index is 0.0236. The van der Waals surface area contributed by atoms with Gasteiger partial charge in [-0.05, 0) is 54.3 Å². The van der Waals surface area contributed by atoms with E-state index in [2.05, 4.69) is 5.32 Å². The number of nitrogens with zero attached hydrogens (tertiary/aromatic N) is 2. The second kappa shape index (κ2) is 8.13. The standard InChI is InChI=1S/C22H23F3N4O2/c23-22(24,25)16-4-6-17(7-5-16)27-19-3-1-2-14-12-28(11-9-18(14)19)20(30)15-8-10-29(13-15)21(26)31/h1-7,15,27H,8-13H2,(H2,26,31). The highest BCUT2D eigenvalue weighted by Gasteiger charge is 2.34. The molecule has 2 aromatic rings. The monoisotopic (exact) mass is 432 g/mol. The lowest BCUT2D eigenvalue weighted by Gasteiger charge is -2.32. The van der Waals surface area contributed by atoms with Crippen LogP contribution in [0.3, 0.4) is 0 Å². The number of benzene rings is 2. The Balaban J connectivity index is 1.45. The number of carbonyl (C=O) groups is 2. The third kappa shape index (κ3) is 4.45. The van der Waals surface area contributed by atoms with E-state index in [4.69, 9.17) is 5.73 Å². The molecule has 2 heterocycles. The average Bonchev–Trinajstić information content (AvgIpc) is 3.23. The Bertz CT molecular complexity index is 991. The van der Waals surface area contributed by atoms with Crippen LogP contribution >= 0.6 is 0 Å². The van der Waals surface area contributed by atoms with Crippen molar-refractivity contribution in [2.45, 2.75) is 25.6 Å². The fourth-order valence-corrected chi connectivity index (χ4v) is 4.23. The fraction of sp³-hybridized carbons (Fsp3) is 0.364. The molecule has 1 fully saturated rings. The lowest BCUT2D eigenvalue weighted by atomic mass is 9.96. The van der Waals surface area contributed by atoms with Crippen LogP contribution in [0.2, 0.25) is 0 Å². The summed E-state index contributed by atoms with van der Waals surface area (Å²) in [7, 11) is 0. The number of nitrogens with two attached hydrogens (primary N) is 1. The molecule has 0 bridgehead atoms. The number of fused-ring (bicyclic) bond motifs is 1. The molecule has 1 atom stereocenters. The normalized spacial score (nSPS) is 18.6. The van der Waals surface area contributed by atoms with Gasteiger partial charge in [-0.2, -0.15) is 13.2 Å². The average molecular weight is 432 g/mol. The zero-order valence-electron chi connectivity index (χ0n) is 16.8. The molecule has 164 valence electrons. The predicted octanol–water partition coefficient (Wildman–Crippen LogP) is 3.73. The highest BCUT2D eigenvalue weighted by atomic mass is 19.4. The summed E-state index contributed by atoms with van der Waals surface area (Å²) in [4.78, 5) is 27.5. The first-order chi connectivity index (χ1) is 14.7. The van der Waals surface area contributed by atoms with Gasteiger partial charge in [-0.3, -0.25) is 4.79 Å². The van der Waals surface area contributed by atoms with Crippen molar-refractivity contribution < 1.29 is 22.8 Å². The molecular weight excluding hydrogens is 409 g/mol. The van der Waals surface area contributed by atoms with Gasteiger partial charge in [0.25, 0.3) is 0 Å². The number of halogens is 3. The Kier molecular flexibility index (Phi) is 5.51. The molecule has 2 aliphatic rings. The number of primary amides is 1. The van der Waals surface area contributed by atoms with Crippen molar-refractivity contribution in [3.63, 3.8) is 0 Å². The number of nitrogens with one attached hydrogen (secondary N) is 1. The summed E-state index contributed by atoms with van der Waals surface area (Å²) in [6.07, 6.45) is -3.12. The molecule has 31 heavy (non-hydrogen) atoms. The molecule has 0 aliphatic carbocycles. The van der Waals surface area contributed by atoms with Crippen molar-refractivity contribution in [1.82, 2.24) is 9.80 Å². The maximum atomic E-state index is 12.9. The first-order valence-electron chi connectivity index (χ1n) is 10.1. The Hall–Kier alpha value is -3.23. The molecule has 3 amide bonds. The first-order valence-corrected chi connectivity index (χ1v) is 10.1. The number of carbonyl (C=O) groups excluding carboxylic acids is 2. The van der Waals surface area contributed by atoms with Gasteiger partial charge in [0, 0.05) is 37.6 Å². The van der Waals surface area contributed by atoms with E-state index in [1.165, 1.54) is 17.0 Å². The molecule has 0 saturated carbocycles. The number of anilines is 2. The molecule has 3 N–H and O–H groups in total. The Morgan fingerprint density at radius 3 is 2.42 bits per heavy atom. The van der Waals surface area contributed by atoms with E-state index in [9.17, 15) is 22.8 Å². The molecule has 4 rings (SSSR count). The lowest BCUT2D eigenvalue weighted by molar-refractivity contribution is -0.137. The van der Waals surface area contributed by atoms with Crippen molar-refractivity contribution in [3.8, 4) is 0 Å². The van der Waals surface area contributed by atoms with E-state index in [-0.39, 0.29) is 11.8 Å². The SMILES string of the molecule is NC(=O)N1CCC(C(=O)N2CCc3c(cccc3Nc3ccc(C(F)(F)F)cc3)C2)C1. The van der Waals surface area contributed by atoms with Gasteiger partial charge in [0.2, 0.25) is 5.91 Å². The van der Waals surface area contributed by atoms with Crippen molar-refractivity contribution in [2.24, 2.45) is 11.7 Å². The van der Waals surface area contributed by atoms with Crippen molar-refractivity contribution >= 4 is 23.3 Å². The van der Waals surface area contributed by atoms with Gasteiger partial charge in [-0.1, -0.05) is 12.1 Å². The van der Waals surface area contributed by atoms with Crippen LogP contribution in [0.4, 0.5) is 29.3 Å². The van der Waals surface area contributed by atoms with E-state index in [1.807, 2.05) is 18.2 Å². The largest absolute Gasteiger partial charge is 0.416 e. The van der Waals surface area contributed by atoms with Crippen molar-refractivity contribution in [1.29, 1.82) is 0 Å². The van der Waals surface area contributed by atoms with Gasteiger partial charge < -0.3 is 20.9 Å². The molecule has 0 spiro atoms. The lowest BCUT2D eigenvalue weighted by Crippen LogP contribution is -2.41. The Morgan fingerprint density at radius 1 is 1.03 bits per heavy atom. The van der Waals surface area contributed by atoms with Gasteiger partial charge >= 0.3 is 12.2 Å². The Labute approximate surface area is 177 Å². The minimum Gasteiger partial charge on any atom is -0.355 e. The van der Waals surface area contributed by atoms with E-state index >= 15 is 0 Å². The number of hydrogen-bond donors (Lipinski definition) is 2. The van der Waals surface area contributed by atoms with Crippen LogP contribution in [0.25, 0.3) is 0 Å². The summed E-state index contributed by atoms with van der Waals surface area (Å²) in [5, 5.41) is 3.20. The highest BCUT2D eigenvalue weighted by Crippen LogP contribution is 2.33. The predicted molar refractivity (Wildman–Crippen MR) is 110 cm³/mol. The van der Waals surface area contributed by atoms with Crippen LogP contribution in [0.15, 0.2) is 42.5 Å². The number of alkyl halides is 3. The Morgan fingerprint density at radius 2 is 1.77 bits per heavy atom. The van der Waals surface area contributed by atoms with Gasteiger partial charge in [-0.25, -0.2) is 4.79 Å². The third-order valence-corrected chi connectivity index (χ3v) is 5.92. The van der Waals surface area contributed by atoms with Gasteiger partial charge in [-0.15, -0.1) is 0 Å². The molecule has 9 heteroatoms. The smallest absolute Gasteiger partial charge is 0.355 e. The van der Waals surface area contributed by atoms with Crippen LogP contribution in [0.1, 0.15) is 23.1 Å². The van der Waals surface area contributed by atoms with Crippen molar-refractivity contribution in [3.05, 3.63) is 59.2 Å². The van der Waals surface area contributed by atoms with Crippen LogP contribution in [0.5, 0.6) is 0 Å². The summed E-state index contributed by atoms with van der Waals surface area (Å²) >= 11 is 0. The van der Waals surface area contributed by atoms with Crippen LogP contribution in [0, 0.1) is 5.92 Å². The third-order valence-electron chi connectivity index (χ3n) is 5.92. The summed E-state index contributed by atoms with van der Waals surface area (Å²) in [5.74, 6) is -0.210. The van der Waals surface area contributed by atoms with E-state index in [0.29, 0.717) is 44.7 Å². The second-order valence-corrected chi connectivity index (χ2v) is 7.92. The summed E-state index contributed by atoms with van der Waals surface area (Å²) < 4.78 is 38.3. The van der Waals surface area contributed by atoms with Gasteiger partial charge in [0.05, 0.1) is 11.5 Å². The molecule has 1 saturated heterocycles. The number of urea groups is 1. The molecule has 6 nitrogen and oxygen atoms in total. The van der Waals surface area contributed by atoms with E-state index < -0.39 is 17.8 Å². The maximum Gasteiger partial charge on any atom is 0.416 e. The fourth-order valence-electron chi connectivity index (χ4n) is 4.23. The highest BCUT2D eigenvalue weighted by molar-refractivity contribution is 5.82. The zero-order chi connectivity index (χ0) is 22.2. The van der Waals surface area contributed by atoms with Crippen molar-refractivity contribution in [2.75, 3.05) is 25.0 Å². The number of likely N-dealkylation sites (tertiary alicyclic amines) is 1. The van der Waals surface area contributed by atoms with Gasteiger partial charge in [0.1, 0.15) is 0 Å². The number of amides is 3. The number of hydrogen-bond acceptors (Lipinski definition) is 3. The van der Waals surface area contributed by atoms with Crippen LogP contribution in [-0.4, -0.2) is 41.4 Å². The second-order valence-electron chi connectivity index (χ2n) is 7.92. The quantitative estimate of drug-likeness (QED) is 0.776. The molecule has 0 radical (unpaired) electrons. The summed E-state index contributed by atoms with van der Waals surface area (Å²) in [6, 6.07) is 10.1. The first kappa shape index (κ1) is 21.0. The topological polar surface area (TPSA) is 78.7 Å². The molecule has 2 aromatic carbocycles. The molecule has 0 aromatic heterocycles. The van der Waals surface area contributed by atoms with E-state index in [1.54, 1.807) is 4.90 Å². The summed E-state index contributed by atoms with van der Waals surface area (Å²) in [6.45, 7) is 1.86. The van der Waals surface area contributed by atoms with Crippen LogP contribution < -0.4 is 11.1 Å². The molecule has 1 unspecified atom stereocenters. The zero-order valence-corrected chi connectivity index (χ0v) is 16.8. The molecular formula is C22H23F3N4O2. The van der Waals surface area contributed by atoms with Gasteiger partial charge in [0.15, 0.2) is 0 Å². The molecule has 2 aliphatic heterocycles. The maximum absolute atomic E-state index is 12.9.